The Kier molecular flexibility index (Phi) is 8.12. The first kappa shape index (κ1) is 24.3. The number of carboxylic acids is 1. The minimum Gasteiger partial charge on any atom is -0.493 e. The number of carbonyl (C=O) groups excluding carboxylic acids is 2. The Bertz CT molecular complexity index is 1110. The quantitative estimate of drug-likeness (QED) is 0.299. The van der Waals surface area contributed by atoms with E-state index in [4.69, 9.17) is 31.2 Å². The molecule has 0 saturated carbocycles. The van der Waals surface area contributed by atoms with Crippen LogP contribution in [0.1, 0.15) is 34.7 Å². The van der Waals surface area contributed by atoms with Gasteiger partial charge in [0.25, 0.3) is 5.91 Å². The number of carboxylic acid groups (broad SMARTS) is 1. The number of aliphatic carboxylic acids is 1. The van der Waals surface area contributed by atoms with Crippen LogP contribution in [-0.4, -0.2) is 52.9 Å². The Morgan fingerprint density at radius 1 is 1.21 bits per heavy atom. The zero-order chi connectivity index (χ0) is 24.0. The summed E-state index contributed by atoms with van der Waals surface area (Å²) in [4.78, 5) is 36.7. The molecule has 1 saturated heterocycles. The summed E-state index contributed by atoms with van der Waals surface area (Å²) in [6, 6.07) is 8.29. The molecule has 1 aromatic carbocycles. The van der Waals surface area contributed by atoms with Crippen LogP contribution in [0.2, 0.25) is 0 Å². The van der Waals surface area contributed by atoms with Gasteiger partial charge in [-0.3, -0.25) is 14.5 Å². The molecule has 0 bridgehead atoms. The number of amides is 1. The van der Waals surface area contributed by atoms with E-state index >= 15 is 0 Å². The molecule has 33 heavy (non-hydrogen) atoms. The highest BCUT2D eigenvalue weighted by atomic mass is 32.2. The Morgan fingerprint density at radius 2 is 2.00 bits per heavy atom. The van der Waals surface area contributed by atoms with Crippen molar-refractivity contribution in [2.75, 3.05) is 20.8 Å². The normalized spacial score (nSPS) is 14.6. The van der Waals surface area contributed by atoms with Crippen LogP contribution in [-0.2, 0) is 20.9 Å². The van der Waals surface area contributed by atoms with E-state index in [2.05, 4.69) is 4.74 Å². The monoisotopic (exact) mass is 491 g/mol. The van der Waals surface area contributed by atoms with Gasteiger partial charge in [-0.15, -0.1) is 0 Å². The summed E-state index contributed by atoms with van der Waals surface area (Å²) >= 11 is 6.43. The van der Waals surface area contributed by atoms with Crippen LogP contribution < -0.4 is 9.47 Å². The lowest BCUT2D eigenvalue weighted by atomic mass is 10.2. The summed E-state index contributed by atoms with van der Waals surface area (Å²) in [5, 5.41) is 8.78. The second-order valence-electron chi connectivity index (χ2n) is 6.79. The van der Waals surface area contributed by atoms with E-state index in [-0.39, 0.29) is 31.2 Å². The number of hydrogen-bond donors (Lipinski definition) is 1. The molecule has 3 rings (SSSR count). The zero-order valence-electron chi connectivity index (χ0n) is 17.9. The molecule has 9 nitrogen and oxygen atoms in total. The molecule has 1 N–H and O–H groups in total. The molecule has 0 radical (unpaired) electrons. The lowest BCUT2D eigenvalue weighted by Gasteiger charge is -2.13. The fourth-order valence-electron chi connectivity index (χ4n) is 2.94. The van der Waals surface area contributed by atoms with E-state index in [1.54, 1.807) is 30.3 Å². The molecule has 0 unspecified atom stereocenters. The van der Waals surface area contributed by atoms with Gasteiger partial charge in [0.05, 0.1) is 19.1 Å². The van der Waals surface area contributed by atoms with Gasteiger partial charge in [-0.2, -0.15) is 0 Å². The summed E-state index contributed by atoms with van der Waals surface area (Å²) in [5.41, 5.74) is 0.705. The number of thioether (sulfide) groups is 1. The third-order valence-corrected chi connectivity index (χ3v) is 5.93. The maximum absolute atomic E-state index is 12.7. The van der Waals surface area contributed by atoms with E-state index in [1.807, 2.05) is 0 Å². The van der Waals surface area contributed by atoms with Crippen molar-refractivity contribution in [1.29, 1.82) is 0 Å². The lowest BCUT2D eigenvalue weighted by molar-refractivity contribution is -0.137. The smallest absolute Gasteiger partial charge is 0.373 e. The molecule has 1 fully saturated rings. The second kappa shape index (κ2) is 11.0. The van der Waals surface area contributed by atoms with Crippen LogP contribution in [0.25, 0.3) is 6.08 Å². The average Bonchev–Trinajstić information content (AvgIpc) is 3.37. The first-order valence-electron chi connectivity index (χ1n) is 9.77. The van der Waals surface area contributed by atoms with Crippen molar-refractivity contribution in [3.63, 3.8) is 0 Å². The molecule has 2 aromatic rings. The van der Waals surface area contributed by atoms with Gasteiger partial charge >= 0.3 is 11.9 Å². The van der Waals surface area contributed by atoms with E-state index in [0.29, 0.717) is 38.5 Å². The van der Waals surface area contributed by atoms with Gasteiger partial charge in [0.2, 0.25) is 5.76 Å². The minimum absolute atomic E-state index is 0.0310. The molecule has 11 heteroatoms. The fourth-order valence-corrected chi connectivity index (χ4v) is 4.25. The van der Waals surface area contributed by atoms with Crippen LogP contribution in [0.15, 0.2) is 39.7 Å². The number of methoxy groups -OCH3 is 2. The number of ether oxygens (including phenoxy) is 3. The largest absolute Gasteiger partial charge is 0.493 e. The van der Waals surface area contributed by atoms with E-state index < -0.39 is 11.9 Å². The minimum atomic E-state index is -0.915. The van der Waals surface area contributed by atoms with Gasteiger partial charge in [-0.25, -0.2) is 4.79 Å². The Morgan fingerprint density at radius 3 is 2.70 bits per heavy atom. The summed E-state index contributed by atoms with van der Waals surface area (Å²) in [5.74, 6) is -0.329. The maximum atomic E-state index is 12.7. The van der Waals surface area contributed by atoms with Crippen molar-refractivity contribution in [3.05, 3.63) is 52.3 Å². The standard InChI is InChI=1S/C22H21NO8S2/c1-28-17-10-13(11-18-20(26)23(22(32)33-18)9-3-4-19(24)25)5-7-15(17)30-12-14-6-8-16(31-14)21(27)29-2/h5-8,10-11H,3-4,9,12H2,1-2H3,(H,24,25)/b18-11-. The number of carbonyl (C=O) groups is 3. The van der Waals surface area contributed by atoms with E-state index in [1.165, 1.54) is 36.9 Å². The Hall–Kier alpha value is -3.31. The summed E-state index contributed by atoms with van der Waals surface area (Å²) < 4.78 is 21.5. The number of rotatable bonds is 10. The van der Waals surface area contributed by atoms with Gasteiger partial charge in [0, 0.05) is 13.0 Å². The highest BCUT2D eigenvalue weighted by Crippen LogP contribution is 2.35. The molecule has 1 aliphatic heterocycles. The lowest BCUT2D eigenvalue weighted by Crippen LogP contribution is -2.29. The SMILES string of the molecule is COC(=O)c1ccc(COc2ccc(/C=C3\SC(=S)N(CCCC(=O)O)C3=O)cc2OC)o1. The number of hydrogen-bond acceptors (Lipinski definition) is 9. The Labute approximate surface area is 199 Å². The molecule has 174 valence electrons. The zero-order valence-corrected chi connectivity index (χ0v) is 19.5. The Balaban J connectivity index is 1.68. The highest BCUT2D eigenvalue weighted by Gasteiger charge is 2.31. The molecule has 0 aliphatic carbocycles. The molecule has 1 aliphatic rings. The van der Waals surface area contributed by atoms with Crippen molar-refractivity contribution in [2.45, 2.75) is 19.4 Å². The number of nitrogens with zero attached hydrogens (tertiary/aromatic N) is 1. The van der Waals surface area contributed by atoms with Crippen LogP contribution >= 0.6 is 24.0 Å². The molecular formula is C22H21NO8S2. The molecule has 0 spiro atoms. The first-order valence-corrected chi connectivity index (χ1v) is 11.0. The summed E-state index contributed by atoms with van der Waals surface area (Å²) in [6.07, 6.45) is 1.99. The number of thiocarbonyl (C=S) groups is 1. The van der Waals surface area contributed by atoms with Gasteiger partial charge in [-0.05, 0) is 42.3 Å². The highest BCUT2D eigenvalue weighted by molar-refractivity contribution is 8.26. The molecule has 1 aromatic heterocycles. The third kappa shape index (κ3) is 6.14. The van der Waals surface area contributed by atoms with Crippen molar-refractivity contribution in [1.82, 2.24) is 4.90 Å². The fraction of sp³-hybridized carbons (Fsp3) is 0.273. The second-order valence-corrected chi connectivity index (χ2v) is 8.46. The van der Waals surface area contributed by atoms with Crippen molar-refractivity contribution in [2.24, 2.45) is 0 Å². The van der Waals surface area contributed by atoms with E-state index in [0.717, 1.165) is 0 Å². The molecule has 0 atom stereocenters. The van der Waals surface area contributed by atoms with E-state index in [9.17, 15) is 14.4 Å². The van der Waals surface area contributed by atoms with Crippen molar-refractivity contribution >= 4 is 52.2 Å². The first-order chi connectivity index (χ1) is 15.8. The average molecular weight is 492 g/mol. The topological polar surface area (TPSA) is 116 Å². The predicted molar refractivity (Wildman–Crippen MR) is 124 cm³/mol. The number of furan rings is 1. The molecule has 2 heterocycles. The maximum Gasteiger partial charge on any atom is 0.373 e. The van der Waals surface area contributed by atoms with Crippen LogP contribution in [0, 0.1) is 0 Å². The number of benzene rings is 1. The van der Waals surface area contributed by atoms with Crippen LogP contribution in [0.5, 0.6) is 11.5 Å². The summed E-state index contributed by atoms with van der Waals surface area (Å²) in [7, 11) is 2.76. The van der Waals surface area contributed by atoms with Gasteiger partial charge in [0.1, 0.15) is 16.7 Å². The summed E-state index contributed by atoms with van der Waals surface area (Å²) in [6.45, 7) is 0.330. The number of esters is 1. The van der Waals surface area contributed by atoms with Crippen molar-refractivity contribution in [3.8, 4) is 11.5 Å². The van der Waals surface area contributed by atoms with Crippen LogP contribution in [0.3, 0.4) is 0 Å². The van der Waals surface area contributed by atoms with Gasteiger partial charge in [-0.1, -0.05) is 30.0 Å². The van der Waals surface area contributed by atoms with Gasteiger partial charge < -0.3 is 23.7 Å². The van der Waals surface area contributed by atoms with Gasteiger partial charge in [0.15, 0.2) is 11.5 Å². The third-order valence-electron chi connectivity index (χ3n) is 4.55. The predicted octanol–water partition coefficient (Wildman–Crippen LogP) is 3.72. The molecular weight excluding hydrogens is 470 g/mol. The van der Waals surface area contributed by atoms with Crippen molar-refractivity contribution < 1.29 is 38.1 Å². The van der Waals surface area contributed by atoms with Crippen LogP contribution in [0.4, 0.5) is 0 Å². The molecule has 1 amide bonds.